The van der Waals surface area contributed by atoms with Crippen molar-refractivity contribution in [3.63, 3.8) is 0 Å². The van der Waals surface area contributed by atoms with Crippen LogP contribution < -0.4 is 10.6 Å². The highest BCUT2D eigenvalue weighted by molar-refractivity contribution is 5.94. The average molecular weight is 396 g/mol. The van der Waals surface area contributed by atoms with E-state index in [1.807, 2.05) is 20.8 Å². The second kappa shape index (κ2) is 8.67. The highest BCUT2D eigenvalue weighted by Gasteiger charge is 2.44. The molecular weight excluding hydrogens is 370 g/mol. The molecule has 1 saturated carbocycles. The fraction of sp³-hybridized carbons (Fsp3) is 0.550. The highest BCUT2D eigenvalue weighted by atomic mass is 19.1. The first-order chi connectivity index (χ1) is 13.0. The lowest BCUT2D eigenvalue weighted by molar-refractivity contribution is -0.160. The molecule has 6 nitrogen and oxygen atoms in total. The van der Waals surface area contributed by atoms with Gasteiger partial charge in [-0.25, -0.2) is 8.78 Å². The quantitative estimate of drug-likeness (QED) is 0.723. The number of amides is 2. The smallest absolute Gasteiger partial charge is 0.313 e. The summed E-state index contributed by atoms with van der Waals surface area (Å²) in [6.45, 7) is 4.85. The first-order valence-corrected chi connectivity index (χ1v) is 9.24. The second-order valence-corrected chi connectivity index (χ2v) is 8.18. The lowest BCUT2D eigenvalue weighted by Crippen LogP contribution is -2.44. The number of anilines is 1. The molecule has 0 aliphatic heterocycles. The Morgan fingerprint density at radius 3 is 2.18 bits per heavy atom. The van der Waals surface area contributed by atoms with Crippen LogP contribution in [0.5, 0.6) is 0 Å². The van der Waals surface area contributed by atoms with Crippen molar-refractivity contribution < 1.29 is 27.9 Å². The predicted molar refractivity (Wildman–Crippen MR) is 99.4 cm³/mol. The molecule has 1 aliphatic rings. The number of carbonyl (C=O) groups excluding carboxylic acids is 3. The Morgan fingerprint density at radius 1 is 1.07 bits per heavy atom. The van der Waals surface area contributed by atoms with Gasteiger partial charge in [0.1, 0.15) is 17.3 Å². The third-order valence-corrected chi connectivity index (χ3v) is 4.57. The first-order valence-electron chi connectivity index (χ1n) is 9.24. The normalized spacial score (nSPS) is 15.8. The van der Waals surface area contributed by atoms with Crippen LogP contribution in [0.25, 0.3) is 0 Å². The molecule has 1 fully saturated rings. The Balaban J connectivity index is 1.97. The fourth-order valence-corrected chi connectivity index (χ4v) is 3.35. The standard InChI is InChI=1S/C20H26F2N2O4/c1-19(2,3)24-15(25)11-20(9-4-5-10-20)18(27)28-12-16(26)23-17-13(21)7-6-8-14(17)22/h6-8H,4-5,9-12H2,1-3H3,(H,23,26)(H,24,25). The zero-order valence-electron chi connectivity index (χ0n) is 16.4. The monoisotopic (exact) mass is 396 g/mol. The number of carbonyl (C=O) groups is 3. The molecule has 0 radical (unpaired) electrons. The van der Waals surface area contributed by atoms with Crippen molar-refractivity contribution >= 4 is 23.5 Å². The Kier molecular flexibility index (Phi) is 6.74. The molecule has 0 unspecified atom stereocenters. The van der Waals surface area contributed by atoms with Crippen LogP contribution in [0.3, 0.4) is 0 Å². The largest absolute Gasteiger partial charge is 0.455 e. The molecule has 1 aliphatic carbocycles. The van der Waals surface area contributed by atoms with E-state index in [4.69, 9.17) is 4.74 Å². The van der Waals surface area contributed by atoms with Crippen molar-refractivity contribution in [2.75, 3.05) is 11.9 Å². The van der Waals surface area contributed by atoms with Crippen LogP contribution in [0.4, 0.5) is 14.5 Å². The van der Waals surface area contributed by atoms with E-state index in [1.165, 1.54) is 6.07 Å². The van der Waals surface area contributed by atoms with Gasteiger partial charge in [0.2, 0.25) is 5.91 Å². The van der Waals surface area contributed by atoms with Crippen LogP contribution in [-0.4, -0.2) is 29.9 Å². The summed E-state index contributed by atoms with van der Waals surface area (Å²) in [6.07, 6.45) is 2.53. The van der Waals surface area contributed by atoms with E-state index in [1.54, 1.807) is 0 Å². The van der Waals surface area contributed by atoms with Crippen LogP contribution in [0.2, 0.25) is 0 Å². The van der Waals surface area contributed by atoms with Gasteiger partial charge in [0.05, 0.1) is 5.41 Å². The maximum Gasteiger partial charge on any atom is 0.313 e. The summed E-state index contributed by atoms with van der Waals surface area (Å²) in [6, 6.07) is 3.19. The van der Waals surface area contributed by atoms with Crippen molar-refractivity contribution in [2.45, 2.75) is 58.4 Å². The molecule has 0 heterocycles. The Labute approximate surface area is 163 Å². The Morgan fingerprint density at radius 2 is 1.64 bits per heavy atom. The number of hydrogen-bond donors (Lipinski definition) is 2. The Bertz CT molecular complexity index is 733. The molecule has 2 N–H and O–H groups in total. The van der Waals surface area contributed by atoms with Gasteiger partial charge in [-0.05, 0) is 45.7 Å². The first kappa shape index (κ1) is 21.8. The molecule has 0 atom stereocenters. The number of rotatable bonds is 6. The van der Waals surface area contributed by atoms with Gasteiger partial charge in [0, 0.05) is 12.0 Å². The molecule has 28 heavy (non-hydrogen) atoms. The summed E-state index contributed by atoms with van der Waals surface area (Å²) in [7, 11) is 0. The van der Waals surface area contributed by atoms with Gasteiger partial charge in [0.15, 0.2) is 6.61 Å². The lowest BCUT2D eigenvalue weighted by Gasteiger charge is -2.28. The van der Waals surface area contributed by atoms with E-state index in [-0.39, 0.29) is 12.3 Å². The van der Waals surface area contributed by atoms with Crippen LogP contribution in [0, 0.1) is 17.0 Å². The zero-order valence-corrected chi connectivity index (χ0v) is 16.4. The number of nitrogens with one attached hydrogen (secondary N) is 2. The van der Waals surface area contributed by atoms with Gasteiger partial charge < -0.3 is 15.4 Å². The van der Waals surface area contributed by atoms with E-state index in [0.717, 1.165) is 25.0 Å². The van der Waals surface area contributed by atoms with Gasteiger partial charge in [-0.3, -0.25) is 14.4 Å². The summed E-state index contributed by atoms with van der Waals surface area (Å²) in [5.41, 5.74) is -1.99. The molecule has 2 rings (SSSR count). The Hall–Kier alpha value is -2.51. The van der Waals surface area contributed by atoms with Gasteiger partial charge in [0.25, 0.3) is 5.91 Å². The minimum Gasteiger partial charge on any atom is -0.455 e. The average Bonchev–Trinajstić information content (AvgIpc) is 3.04. The van der Waals surface area contributed by atoms with Gasteiger partial charge in [-0.2, -0.15) is 0 Å². The van der Waals surface area contributed by atoms with Crippen LogP contribution in [0.1, 0.15) is 52.9 Å². The van der Waals surface area contributed by atoms with E-state index < -0.39 is 46.8 Å². The molecule has 0 spiro atoms. The zero-order chi connectivity index (χ0) is 20.9. The van der Waals surface area contributed by atoms with Crippen LogP contribution >= 0.6 is 0 Å². The summed E-state index contributed by atoms with van der Waals surface area (Å²) >= 11 is 0. The molecule has 8 heteroatoms. The van der Waals surface area contributed by atoms with E-state index >= 15 is 0 Å². The molecule has 0 saturated heterocycles. The van der Waals surface area contributed by atoms with Gasteiger partial charge in [-0.1, -0.05) is 18.9 Å². The number of benzene rings is 1. The minimum atomic E-state index is -0.973. The van der Waals surface area contributed by atoms with Crippen molar-refractivity contribution in [3.8, 4) is 0 Å². The molecule has 0 aromatic heterocycles. The lowest BCUT2D eigenvalue weighted by atomic mass is 9.82. The molecule has 154 valence electrons. The number of ether oxygens (including phenoxy) is 1. The van der Waals surface area contributed by atoms with Crippen LogP contribution in [-0.2, 0) is 19.1 Å². The number of halogens is 2. The third kappa shape index (κ3) is 5.74. The molecule has 1 aromatic carbocycles. The SMILES string of the molecule is CC(C)(C)NC(=O)CC1(C(=O)OCC(=O)Nc2c(F)cccc2F)CCCC1. The number of esters is 1. The van der Waals surface area contributed by atoms with Crippen LogP contribution in [0.15, 0.2) is 18.2 Å². The highest BCUT2D eigenvalue weighted by Crippen LogP contribution is 2.42. The minimum absolute atomic E-state index is 0.0212. The van der Waals surface area contributed by atoms with Crippen molar-refractivity contribution in [2.24, 2.45) is 5.41 Å². The predicted octanol–water partition coefficient (Wildman–Crippen LogP) is 3.31. The number of hydrogen-bond acceptors (Lipinski definition) is 4. The third-order valence-electron chi connectivity index (χ3n) is 4.57. The van der Waals surface area contributed by atoms with E-state index in [0.29, 0.717) is 12.8 Å². The summed E-state index contributed by atoms with van der Waals surface area (Å²) < 4.78 is 32.3. The summed E-state index contributed by atoms with van der Waals surface area (Å²) in [4.78, 5) is 36.9. The fourth-order valence-electron chi connectivity index (χ4n) is 3.35. The molecule has 1 aromatic rings. The van der Waals surface area contributed by atoms with Gasteiger partial charge >= 0.3 is 5.97 Å². The van der Waals surface area contributed by atoms with Crippen molar-refractivity contribution in [1.82, 2.24) is 5.32 Å². The maximum absolute atomic E-state index is 13.6. The topological polar surface area (TPSA) is 84.5 Å². The number of para-hydroxylation sites is 1. The van der Waals surface area contributed by atoms with E-state index in [9.17, 15) is 23.2 Å². The molecule has 0 bridgehead atoms. The molecule has 2 amide bonds. The summed E-state index contributed by atoms with van der Waals surface area (Å²) in [5, 5.41) is 4.89. The molecular formula is C20H26F2N2O4. The van der Waals surface area contributed by atoms with Gasteiger partial charge in [-0.15, -0.1) is 0 Å². The summed E-state index contributed by atoms with van der Waals surface area (Å²) in [5.74, 6) is -3.61. The maximum atomic E-state index is 13.6. The van der Waals surface area contributed by atoms with E-state index in [2.05, 4.69) is 10.6 Å². The van der Waals surface area contributed by atoms with Crippen molar-refractivity contribution in [3.05, 3.63) is 29.8 Å². The van der Waals surface area contributed by atoms with Crippen molar-refractivity contribution in [1.29, 1.82) is 0 Å². The second-order valence-electron chi connectivity index (χ2n) is 8.18.